The number of fused-ring (bicyclic) bond motifs is 1. The summed E-state index contributed by atoms with van der Waals surface area (Å²) in [5.74, 6) is -0.224. The minimum Gasteiger partial charge on any atom is -0.504 e. The zero-order chi connectivity index (χ0) is 13.2. The van der Waals surface area contributed by atoms with E-state index in [1.54, 1.807) is 12.3 Å². The Morgan fingerprint density at radius 3 is 2.84 bits per heavy atom. The van der Waals surface area contributed by atoms with Gasteiger partial charge in [-0.3, -0.25) is 5.10 Å². The van der Waals surface area contributed by atoms with E-state index in [9.17, 15) is 10.2 Å². The Balaban J connectivity index is 1.82. The first-order valence-electron chi connectivity index (χ1n) is 5.91. The van der Waals surface area contributed by atoms with Gasteiger partial charge in [0.1, 0.15) is 0 Å². The molecule has 2 aromatic carbocycles. The highest BCUT2D eigenvalue weighted by Crippen LogP contribution is 2.26. The number of aromatic amines is 1. The molecule has 5 nitrogen and oxygen atoms in total. The van der Waals surface area contributed by atoms with Crippen molar-refractivity contribution in [3.05, 3.63) is 48.2 Å². The number of para-hydroxylation sites is 1. The number of benzene rings is 2. The average Bonchev–Trinajstić information content (AvgIpc) is 2.89. The van der Waals surface area contributed by atoms with Crippen LogP contribution in [0.5, 0.6) is 11.5 Å². The largest absolute Gasteiger partial charge is 0.504 e. The summed E-state index contributed by atoms with van der Waals surface area (Å²) in [6, 6.07) is 10.7. The third-order valence-corrected chi connectivity index (χ3v) is 3.00. The zero-order valence-electron chi connectivity index (χ0n) is 10.1. The second kappa shape index (κ2) is 4.53. The van der Waals surface area contributed by atoms with Gasteiger partial charge in [-0.2, -0.15) is 5.10 Å². The number of anilines is 1. The Morgan fingerprint density at radius 2 is 2.00 bits per heavy atom. The number of aromatic nitrogens is 2. The minimum atomic E-state index is -0.112. The van der Waals surface area contributed by atoms with Crippen molar-refractivity contribution in [2.24, 2.45) is 0 Å². The van der Waals surface area contributed by atoms with Gasteiger partial charge in [-0.25, -0.2) is 0 Å². The van der Waals surface area contributed by atoms with Crippen LogP contribution < -0.4 is 5.32 Å². The first kappa shape index (κ1) is 11.4. The Hall–Kier alpha value is -2.69. The van der Waals surface area contributed by atoms with Crippen LogP contribution in [0.3, 0.4) is 0 Å². The average molecular weight is 255 g/mol. The molecule has 0 fully saturated rings. The van der Waals surface area contributed by atoms with E-state index in [4.69, 9.17) is 0 Å². The molecule has 0 unspecified atom stereocenters. The highest BCUT2D eigenvalue weighted by molar-refractivity contribution is 5.89. The highest BCUT2D eigenvalue weighted by Gasteiger charge is 2.04. The van der Waals surface area contributed by atoms with Crippen molar-refractivity contribution in [1.82, 2.24) is 10.2 Å². The molecule has 0 atom stereocenters. The highest BCUT2D eigenvalue weighted by atomic mass is 16.3. The molecule has 3 rings (SSSR count). The first-order chi connectivity index (χ1) is 9.24. The molecule has 0 saturated heterocycles. The molecule has 0 aliphatic carbocycles. The molecular formula is C14H13N3O2. The SMILES string of the molecule is Oc1ccc(CNc2cccc3cn[nH]c23)cc1O. The van der Waals surface area contributed by atoms with Gasteiger partial charge in [0.2, 0.25) is 0 Å². The van der Waals surface area contributed by atoms with Gasteiger partial charge in [-0.05, 0) is 23.8 Å². The van der Waals surface area contributed by atoms with Crippen LogP contribution in [-0.2, 0) is 6.54 Å². The van der Waals surface area contributed by atoms with Crippen LogP contribution in [-0.4, -0.2) is 20.4 Å². The number of hydrogen-bond donors (Lipinski definition) is 4. The molecule has 5 heteroatoms. The topological polar surface area (TPSA) is 81.2 Å². The van der Waals surface area contributed by atoms with Gasteiger partial charge in [0.25, 0.3) is 0 Å². The summed E-state index contributed by atoms with van der Waals surface area (Å²) in [6.07, 6.45) is 1.77. The fraction of sp³-hybridized carbons (Fsp3) is 0.0714. The van der Waals surface area contributed by atoms with Crippen molar-refractivity contribution >= 4 is 16.6 Å². The van der Waals surface area contributed by atoms with Crippen molar-refractivity contribution in [2.45, 2.75) is 6.54 Å². The van der Waals surface area contributed by atoms with E-state index in [2.05, 4.69) is 15.5 Å². The molecule has 19 heavy (non-hydrogen) atoms. The Kier molecular flexibility index (Phi) is 2.72. The van der Waals surface area contributed by atoms with Crippen molar-refractivity contribution in [1.29, 1.82) is 0 Å². The van der Waals surface area contributed by atoms with Crippen LogP contribution in [0.15, 0.2) is 42.6 Å². The number of phenolic OH excluding ortho intramolecular Hbond substituents is 2. The molecule has 0 saturated carbocycles. The van der Waals surface area contributed by atoms with E-state index in [-0.39, 0.29) is 11.5 Å². The number of rotatable bonds is 3. The predicted octanol–water partition coefficient (Wildman–Crippen LogP) is 2.59. The smallest absolute Gasteiger partial charge is 0.157 e. The van der Waals surface area contributed by atoms with E-state index >= 15 is 0 Å². The normalized spacial score (nSPS) is 10.7. The molecule has 0 radical (unpaired) electrons. The summed E-state index contributed by atoms with van der Waals surface area (Å²) in [5.41, 5.74) is 2.78. The number of nitrogens with zero attached hydrogens (tertiary/aromatic N) is 1. The number of aromatic hydroxyl groups is 2. The Bertz CT molecular complexity index is 722. The van der Waals surface area contributed by atoms with Gasteiger partial charge in [0.05, 0.1) is 17.4 Å². The van der Waals surface area contributed by atoms with Gasteiger partial charge >= 0.3 is 0 Å². The van der Waals surface area contributed by atoms with Crippen molar-refractivity contribution in [2.75, 3.05) is 5.32 Å². The van der Waals surface area contributed by atoms with Gasteiger partial charge in [0, 0.05) is 11.9 Å². The second-order valence-electron chi connectivity index (χ2n) is 4.32. The van der Waals surface area contributed by atoms with Gasteiger partial charge in [-0.15, -0.1) is 0 Å². The number of H-pyrrole nitrogens is 1. The fourth-order valence-electron chi connectivity index (χ4n) is 1.99. The summed E-state index contributed by atoms with van der Waals surface area (Å²) in [4.78, 5) is 0. The van der Waals surface area contributed by atoms with E-state index in [1.165, 1.54) is 12.1 Å². The molecule has 0 aliphatic heterocycles. The van der Waals surface area contributed by atoms with Crippen molar-refractivity contribution in [3.63, 3.8) is 0 Å². The van der Waals surface area contributed by atoms with Crippen LogP contribution >= 0.6 is 0 Å². The molecule has 0 spiro atoms. The lowest BCUT2D eigenvalue weighted by Crippen LogP contribution is -1.99. The lowest BCUT2D eigenvalue weighted by atomic mass is 10.2. The number of nitrogens with one attached hydrogen (secondary N) is 2. The Labute approximate surface area is 109 Å². The summed E-state index contributed by atoms with van der Waals surface area (Å²) < 4.78 is 0. The van der Waals surface area contributed by atoms with E-state index in [0.29, 0.717) is 6.54 Å². The molecule has 3 aromatic rings. The monoisotopic (exact) mass is 255 g/mol. The zero-order valence-corrected chi connectivity index (χ0v) is 10.1. The van der Waals surface area contributed by atoms with Crippen molar-refractivity contribution in [3.8, 4) is 11.5 Å². The molecule has 96 valence electrons. The first-order valence-corrected chi connectivity index (χ1v) is 5.91. The molecule has 0 aliphatic rings. The Morgan fingerprint density at radius 1 is 1.11 bits per heavy atom. The summed E-state index contributed by atoms with van der Waals surface area (Å²) in [6.45, 7) is 0.548. The van der Waals surface area contributed by atoms with Crippen LogP contribution in [0, 0.1) is 0 Å². The van der Waals surface area contributed by atoms with Crippen LogP contribution in [0.2, 0.25) is 0 Å². The maximum atomic E-state index is 9.44. The van der Waals surface area contributed by atoms with Crippen LogP contribution in [0.4, 0.5) is 5.69 Å². The van der Waals surface area contributed by atoms with Crippen LogP contribution in [0.25, 0.3) is 10.9 Å². The van der Waals surface area contributed by atoms with Crippen molar-refractivity contribution < 1.29 is 10.2 Å². The standard InChI is InChI=1S/C14H13N3O2/c18-12-5-4-9(6-13(12)19)7-15-11-3-1-2-10-8-16-17-14(10)11/h1-6,8,15,18-19H,7H2,(H,16,17). The molecule has 0 amide bonds. The minimum absolute atomic E-state index is 0.112. The second-order valence-corrected chi connectivity index (χ2v) is 4.32. The quantitative estimate of drug-likeness (QED) is 0.542. The number of phenols is 2. The molecule has 1 aromatic heterocycles. The third kappa shape index (κ3) is 2.18. The lowest BCUT2D eigenvalue weighted by molar-refractivity contribution is 0.403. The molecule has 0 bridgehead atoms. The maximum absolute atomic E-state index is 9.44. The maximum Gasteiger partial charge on any atom is 0.157 e. The molecular weight excluding hydrogens is 242 g/mol. The summed E-state index contributed by atoms with van der Waals surface area (Å²) in [5, 5.41) is 30.0. The fourth-order valence-corrected chi connectivity index (χ4v) is 1.99. The van der Waals surface area contributed by atoms with Crippen LogP contribution in [0.1, 0.15) is 5.56 Å². The van der Waals surface area contributed by atoms with E-state index < -0.39 is 0 Å². The lowest BCUT2D eigenvalue weighted by Gasteiger charge is -2.08. The van der Waals surface area contributed by atoms with E-state index in [1.807, 2.05) is 18.2 Å². The van der Waals surface area contributed by atoms with Gasteiger partial charge in [-0.1, -0.05) is 18.2 Å². The summed E-state index contributed by atoms with van der Waals surface area (Å²) in [7, 11) is 0. The third-order valence-electron chi connectivity index (χ3n) is 3.00. The molecule has 4 N–H and O–H groups in total. The van der Waals surface area contributed by atoms with Gasteiger partial charge in [0.15, 0.2) is 11.5 Å². The molecule has 1 heterocycles. The number of hydrogen-bond acceptors (Lipinski definition) is 4. The summed E-state index contributed by atoms with van der Waals surface area (Å²) >= 11 is 0. The van der Waals surface area contributed by atoms with E-state index in [0.717, 1.165) is 22.2 Å². The van der Waals surface area contributed by atoms with Gasteiger partial charge < -0.3 is 15.5 Å². The predicted molar refractivity (Wildman–Crippen MR) is 73.2 cm³/mol.